The molecule has 0 aliphatic rings. The molecule has 0 bridgehead atoms. The minimum absolute atomic E-state index is 0.0269. The highest BCUT2D eigenvalue weighted by atomic mass is 32.2. The van der Waals surface area contributed by atoms with Crippen LogP contribution in [0.3, 0.4) is 0 Å². The Bertz CT molecular complexity index is 4120. The van der Waals surface area contributed by atoms with Crippen LogP contribution in [0.2, 0.25) is 0 Å². The normalized spacial score (nSPS) is 10.8. The minimum Gasteiger partial charge on any atom is -0.354 e. The van der Waals surface area contributed by atoms with Gasteiger partial charge in [-0.1, -0.05) is 26.0 Å². The van der Waals surface area contributed by atoms with Crippen LogP contribution in [0.25, 0.3) is 0 Å². The summed E-state index contributed by atoms with van der Waals surface area (Å²) >= 11 is 0. The molecule has 93 heavy (non-hydrogen) atoms. The van der Waals surface area contributed by atoms with Crippen molar-refractivity contribution in [3.05, 3.63) is 173 Å². The number of aldehydes is 1. The lowest BCUT2D eigenvalue weighted by Crippen LogP contribution is -2.37. The SMILES string of the molecule is CCN(CC)C(F)(F)F.CNC(=O)c1nnc(Nc2ccc(C(F)F)cn2)cc1Nc1ncccc1C.CNC(=O)c1nnc(Nc2ccc(C=O)cn2)cc1Nc1ncccc1C.CNC(=O)c1nnc(Nc2ccc(F)cn2)cc1Nc1ncccc1S(C)(=O)=O. The van der Waals surface area contributed by atoms with Crippen molar-refractivity contribution in [1.29, 1.82) is 0 Å². The molecule has 486 valence electrons. The third-order valence-electron chi connectivity index (χ3n) is 12.2. The summed E-state index contributed by atoms with van der Waals surface area (Å²) in [4.78, 5) is 71.9. The maximum atomic E-state index is 13.0. The smallest absolute Gasteiger partial charge is 0.354 e. The molecular formula is C58H60F6N22O6S. The Morgan fingerprint density at radius 3 is 1.25 bits per heavy atom. The summed E-state index contributed by atoms with van der Waals surface area (Å²) in [6, 6.07) is 23.5. The van der Waals surface area contributed by atoms with Crippen molar-refractivity contribution in [1.82, 2.24) is 81.3 Å². The zero-order valence-electron chi connectivity index (χ0n) is 50.6. The van der Waals surface area contributed by atoms with Gasteiger partial charge in [-0.15, -0.1) is 30.6 Å². The van der Waals surface area contributed by atoms with Crippen LogP contribution in [0.1, 0.15) is 78.8 Å². The molecule has 0 aliphatic carbocycles. The summed E-state index contributed by atoms with van der Waals surface area (Å²) in [5, 5.41) is 48.9. The first-order chi connectivity index (χ1) is 44.4. The summed E-state index contributed by atoms with van der Waals surface area (Å²) in [7, 11) is 0.849. The van der Waals surface area contributed by atoms with Gasteiger partial charge in [-0.05, 0) is 85.6 Å². The van der Waals surface area contributed by atoms with Gasteiger partial charge in [0.05, 0.1) is 23.3 Å². The highest BCUT2D eigenvalue weighted by molar-refractivity contribution is 7.90. The van der Waals surface area contributed by atoms with E-state index in [2.05, 4.69) is 108 Å². The molecule has 9 N–H and O–H groups in total. The zero-order chi connectivity index (χ0) is 67.8. The number of nitrogens with one attached hydrogen (secondary N) is 9. The van der Waals surface area contributed by atoms with Gasteiger partial charge in [0.1, 0.15) is 45.6 Å². The van der Waals surface area contributed by atoms with Crippen LogP contribution in [0.4, 0.5) is 95.8 Å². The number of alkyl halides is 5. The molecule has 9 aromatic heterocycles. The fourth-order valence-electron chi connectivity index (χ4n) is 7.48. The maximum absolute atomic E-state index is 13.0. The number of hydrogen-bond donors (Lipinski definition) is 9. The predicted molar refractivity (Wildman–Crippen MR) is 333 cm³/mol. The molecule has 0 atom stereocenters. The summed E-state index contributed by atoms with van der Waals surface area (Å²) in [5.41, 5.74) is 3.20. The Hall–Kier alpha value is -11.5. The number of rotatable bonds is 20. The van der Waals surface area contributed by atoms with Crippen molar-refractivity contribution >= 4 is 103 Å². The van der Waals surface area contributed by atoms with E-state index in [0.717, 1.165) is 29.8 Å². The molecule has 9 heterocycles. The third kappa shape index (κ3) is 20.8. The molecule has 0 aliphatic heterocycles. The molecule has 0 saturated heterocycles. The van der Waals surface area contributed by atoms with Gasteiger partial charge in [-0.3, -0.25) is 19.2 Å². The highest BCUT2D eigenvalue weighted by Crippen LogP contribution is 2.29. The van der Waals surface area contributed by atoms with E-state index >= 15 is 0 Å². The molecular weight excluding hydrogens is 1250 g/mol. The van der Waals surface area contributed by atoms with Crippen LogP contribution in [0.5, 0.6) is 0 Å². The fourth-order valence-corrected chi connectivity index (χ4v) is 8.27. The Labute approximate surface area is 527 Å². The van der Waals surface area contributed by atoms with Gasteiger partial charge < -0.3 is 47.9 Å². The van der Waals surface area contributed by atoms with Gasteiger partial charge in [0.2, 0.25) is 0 Å². The van der Waals surface area contributed by atoms with Gasteiger partial charge in [-0.2, -0.15) is 13.2 Å². The molecule has 28 nitrogen and oxygen atoms in total. The Morgan fingerprint density at radius 1 is 0.527 bits per heavy atom. The maximum Gasteiger partial charge on any atom is 0.459 e. The number of pyridine rings is 6. The monoisotopic (exact) mass is 1310 g/mol. The van der Waals surface area contributed by atoms with E-state index in [9.17, 15) is 53.9 Å². The van der Waals surface area contributed by atoms with Crippen molar-refractivity contribution in [3.63, 3.8) is 0 Å². The lowest BCUT2D eigenvalue weighted by atomic mass is 10.2. The number of halogens is 6. The number of hydrogen-bond acceptors (Lipinski definition) is 25. The molecule has 0 aromatic carbocycles. The van der Waals surface area contributed by atoms with Gasteiger partial charge >= 0.3 is 6.30 Å². The quantitative estimate of drug-likeness (QED) is 0.0195. The van der Waals surface area contributed by atoms with Crippen molar-refractivity contribution in [2.24, 2.45) is 0 Å². The standard InChI is InChI=1S/C18H17F2N7O.C18H17N7O2.C17H16FN7O3S.C5H10F3N/c1-10-4-3-7-22-17(10)24-12-8-14(26-27-15(12)18(28)21-2)25-13-6-5-11(9-23-13)16(19)20;1-11-4-3-7-20-17(11)22-13-8-15(24-25-16(13)18(27)19-2)23-14-6-5-12(10-26)9-21-14;1-19-17(26)15-11(22-16-12(29(2,27)28)4-3-7-20-16)8-14(24-25-15)23-13-6-5-10(18)9-21-13;1-3-9(4-2)5(6,7)8/h3-9,16H,1-2H3,(H,21,28)(H2,22,23,24,25,26);3-10H,1-2H3,(H,19,27)(H2,20,21,22,23,24);3-9H,1-2H3,(H,19,26)(H2,20,21,22,23,24);3-4H2,1-2H3. The topological polar surface area (TPSA) is 369 Å². The summed E-state index contributed by atoms with van der Waals surface area (Å²) in [6.07, 6.45) is 3.26. The third-order valence-corrected chi connectivity index (χ3v) is 13.4. The minimum atomic E-state index is -4.15. The van der Waals surface area contributed by atoms with Gasteiger partial charge in [0.25, 0.3) is 24.1 Å². The van der Waals surface area contributed by atoms with E-state index in [-0.39, 0.29) is 69.7 Å². The van der Waals surface area contributed by atoms with Crippen molar-refractivity contribution in [2.45, 2.75) is 45.3 Å². The molecule has 0 fully saturated rings. The number of aryl methyl sites for hydroxylation is 2. The number of amides is 3. The van der Waals surface area contributed by atoms with E-state index in [4.69, 9.17) is 0 Å². The largest absolute Gasteiger partial charge is 0.459 e. The molecule has 9 aromatic rings. The first-order valence-electron chi connectivity index (χ1n) is 27.4. The van der Waals surface area contributed by atoms with Gasteiger partial charge in [-0.25, -0.2) is 56.4 Å². The average molecular weight is 1310 g/mol. The lowest BCUT2D eigenvalue weighted by molar-refractivity contribution is -0.242. The number of aromatic nitrogens is 12. The number of nitrogens with zero attached hydrogens (tertiary/aromatic N) is 13. The summed E-state index contributed by atoms with van der Waals surface area (Å²) in [6.45, 7) is 6.80. The second kappa shape index (κ2) is 33.4. The van der Waals surface area contributed by atoms with E-state index in [0.29, 0.717) is 63.0 Å². The van der Waals surface area contributed by atoms with E-state index in [1.165, 1.54) is 89.8 Å². The van der Waals surface area contributed by atoms with E-state index in [1.54, 1.807) is 42.7 Å². The van der Waals surface area contributed by atoms with Crippen LogP contribution in [0.15, 0.2) is 133 Å². The second-order valence-corrected chi connectivity index (χ2v) is 20.8. The van der Waals surface area contributed by atoms with E-state index in [1.807, 2.05) is 32.0 Å². The Kier molecular flexibility index (Phi) is 25.3. The van der Waals surface area contributed by atoms with Crippen molar-refractivity contribution in [2.75, 3.05) is 72.4 Å². The van der Waals surface area contributed by atoms with Crippen molar-refractivity contribution < 1.29 is 53.9 Å². The molecule has 0 saturated carbocycles. The second-order valence-electron chi connectivity index (χ2n) is 18.8. The van der Waals surface area contributed by atoms with E-state index < -0.39 is 40.2 Å². The average Bonchev–Trinajstić information content (AvgIpc) is 0.900. The van der Waals surface area contributed by atoms with Crippen LogP contribution >= 0.6 is 0 Å². The van der Waals surface area contributed by atoms with Gasteiger partial charge in [0.15, 0.2) is 50.7 Å². The number of carbonyl (C=O) groups excluding carboxylic acids is 4. The first kappa shape index (κ1) is 70.6. The Morgan fingerprint density at radius 2 is 0.925 bits per heavy atom. The summed E-state index contributed by atoms with van der Waals surface area (Å²) in [5.74, 6) is 1.31. The van der Waals surface area contributed by atoms with Crippen LogP contribution in [0, 0.1) is 19.7 Å². The van der Waals surface area contributed by atoms with Crippen LogP contribution < -0.4 is 47.9 Å². The molecule has 0 unspecified atom stereocenters. The van der Waals surface area contributed by atoms with Crippen molar-refractivity contribution in [3.8, 4) is 0 Å². The molecule has 0 spiro atoms. The fraction of sp³-hybridized carbons (Fsp3) is 0.207. The molecule has 35 heteroatoms. The van der Waals surface area contributed by atoms with Crippen LogP contribution in [-0.4, -0.2) is 145 Å². The number of sulfone groups is 1. The first-order valence-corrected chi connectivity index (χ1v) is 29.3. The molecule has 3 amide bonds. The lowest BCUT2D eigenvalue weighted by Gasteiger charge is -2.20. The predicted octanol–water partition coefficient (Wildman–Crippen LogP) is 9.10. The number of carbonyl (C=O) groups is 4. The summed E-state index contributed by atoms with van der Waals surface area (Å²) < 4.78 is 97.3. The highest BCUT2D eigenvalue weighted by Gasteiger charge is 2.34. The molecule has 9 rings (SSSR count). The zero-order valence-corrected chi connectivity index (χ0v) is 51.4. The Balaban J connectivity index is 0.000000207. The number of anilines is 12. The van der Waals surface area contributed by atoms with Crippen LogP contribution in [-0.2, 0) is 9.84 Å². The van der Waals surface area contributed by atoms with Gasteiger partial charge in [0, 0.05) is 101 Å². The molecule has 0 radical (unpaired) electrons.